The van der Waals surface area contributed by atoms with Gasteiger partial charge in [0.1, 0.15) is 5.75 Å². The summed E-state index contributed by atoms with van der Waals surface area (Å²) >= 11 is 3.36. The Morgan fingerprint density at radius 1 is 1.24 bits per heavy atom. The molecule has 0 amide bonds. The maximum Gasteiger partial charge on any atom is 0.174 e. The van der Waals surface area contributed by atoms with Gasteiger partial charge >= 0.3 is 0 Å². The summed E-state index contributed by atoms with van der Waals surface area (Å²) in [6, 6.07) is 7.77. The zero-order chi connectivity index (χ0) is 11.8. The van der Waals surface area contributed by atoms with Gasteiger partial charge in [-0.3, -0.25) is 0 Å². The minimum absolute atomic E-state index is 0.226. The largest absolute Gasteiger partial charge is 0.493 e. The molecule has 1 aromatic carbocycles. The fourth-order valence-electron chi connectivity index (χ4n) is 2.18. The van der Waals surface area contributed by atoms with E-state index in [1.807, 2.05) is 18.2 Å². The summed E-state index contributed by atoms with van der Waals surface area (Å²) in [6.07, 6.45) is 2.59. The van der Waals surface area contributed by atoms with Crippen LogP contribution in [0.2, 0.25) is 0 Å². The van der Waals surface area contributed by atoms with Crippen LogP contribution < -0.4 is 10.5 Å². The Labute approximate surface area is 108 Å². The van der Waals surface area contributed by atoms with Crippen LogP contribution >= 0.6 is 15.9 Å². The highest BCUT2D eigenvalue weighted by Gasteiger charge is 2.22. The number of hydrogen-bond acceptors (Lipinski definition) is 3. The van der Waals surface area contributed by atoms with E-state index >= 15 is 0 Å². The van der Waals surface area contributed by atoms with Crippen LogP contribution in [-0.4, -0.2) is 6.61 Å². The second-order valence-corrected chi connectivity index (χ2v) is 4.78. The number of nitrogens with two attached hydrogens (primary N) is 1. The highest BCUT2D eigenvalue weighted by atomic mass is 79.9. The molecule has 0 fully saturated rings. The standard InChI is InChI=1S/C13H12BrNO2/c14-13-10(5-7-17-13)11(15)9-3-1-2-8-4-6-16-12(8)9/h1-3,5,7,11H,4,6,15H2. The van der Waals surface area contributed by atoms with Gasteiger partial charge in [0.15, 0.2) is 4.67 Å². The summed E-state index contributed by atoms with van der Waals surface area (Å²) in [6.45, 7) is 0.742. The minimum Gasteiger partial charge on any atom is -0.493 e. The van der Waals surface area contributed by atoms with Crippen LogP contribution in [0.1, 0.15) is 22.7 Å². The Morgan fingerprint density at radius 3 is 2.88 bits per heavy atom. The summed E-state index contributed by atoms with van der Waals surface area (Å²) in [5.41, 5.74) is 9.45. The summed E-state index contributed by atoms with van der Waals surface area (Å²) < 4.78 is 11.6. The van der Waals surface area contributed by atoms with E-state index in [-0.39, 0.29) is 6.04 Å². The fourth-order valence-corrected chi connectivity index (χ4v) is 2.67. The van der Waals surface area contributed by atoms with Gasteiger partial charge in [-0.25, -0.2) is 0 Å². The first-order valence-corrected chi connectivity index (χ1v) is 6.29. The van der Waals surface area contributed by atoms with E-state index < -0.39 is 0 Å². The molecule has 1 aromatic heterocycles. The van der Waals surface area contributed by atoms with Crippen molar-refractivity contribution in [2.75, 3.05) is 6.61 Å². The third-order valence-electron chi connectivity index (χ3n) is 3.06. The van der Waals surface area contributed by atoms with E-state index in [9.17, 15) is 0 Å². The van der Waals surface area contributed by atoms with Crippen molar-refractivity contribution in [3.8, 4) is 5.75 Å². The lowest BCUT2D eigenvalue weighted by Crippen LogP contribution is -2.12. The molecule has 1 aliphatic rings. The number of rotatable bonds is 2. The lowest BCUT2D eigenvalue weighted by molar-refractivity contribution is 0.352. The number of benzene rings is 1. The van der Waals surface area contributed by atoms with Gasteiger partial charge in [0.05, 0.1) is 18.9 Å². The van der Waals surface area contributed by atoms with Crippen molar-refractivity contribution in [2.24, 2.45) is 5.73 Å². The molecule has 3 nitrogen and oxygen atoms in total. The van der Waals surface area contributed by atoms with Crippen LogP contribution in [0.25, 0.3) is 0 Å². The number of furan rings is 1. The summed E-state index contributed by atoms with van der Waals surface area (Å²) in [5.74, 6) is 0.938. The van der Waals surface area contributed by atoms with Crippen LogP contribution in [0, 0.1) is 0 Å². The van der Waals surface area contributed by atoms with Gasteiger partial charge in [0, 0.05) is 17.5 Å². The predicted molar refractivity (Wildman–Crippen MR) is 68.1 cm³/mol. The lowest BCUT2D eigenvalue weighted by atomic mass is 9.98. The Morgan fingerprint density at radius 2 is 2.12 bits per heavy atom. The average Bonchev–Trinajstić information content (AvgIpc) is 2.95. The van der Waals surface area contributed by atoms with Gasteiger partial charge in [-0.05, 0) is 27.6 Å². The molecule has 0 spiro atoms. The zero-order valence-electron chi connectivity index (χ0n) is 9.15. The van der Waals surface area contributed by atoms with E-state index in [0.29, 0.717) is 4.67 Å². The molecule has 4 heteroatoms. The van der Waals surface area contributed by atoms with E-state index in [4.69, 9.17) is 14.9 Å². The third-order valence-corrected chi connectivity index (χ3v) is 3.71. The smallest absolute Gasteiger partial charge is 0.174 e. The van der Waals surface area contributed by atoms with Gasteiger partial charge in [0.2, 0.25) is 0 Å². The lowest BCUT2D eigenvalue weighted by Gasteiger charge is -2.14. The second-order valence-electron chi connectivity index (χ2n) is 4.06. The molecule has 3 rings (SSSR count). The van der Waals surface area contributed by atoms with Crippen molar-refractivity contribution < 1.29 is 9.15 Å². The SMILES string of the molecule is NC(c1ccoc1Br)c1cccc2c1OCC2. The highest BCUT2D eigenvalue weighted by molar-refractivity contribution is 9.10. The van der Waals surface area contributed by atoms with Crippen LogP contribution in [-0.2, 0) is 6.42 Å². The number of fused-ring (bicyclic) bond motifs is 1. The van der Waals surface area contributed by atoms with Crippen molar-refractivity contribution in [2.45, 2.75) is 12.5 Å². The number of para-hydroxylation sites is 1. The molecule has 17 heavy (non-hydrogen) atoms. The van der Waals surface area contributed by atoms with Crippen molar-refractivity contribution in [1.29, 1.82) is 0 Å². The Balaban J connectivity index is 2.05. The first-order chi connectivity index (χ1) is 8.27. The zero-order valence-corrected chi connectivity index (χ0v) is 10.7. The van der Waals surface area contributed by atoms with Gasteiger partial charge in [-0.1, -0.05) is 18.2 Å². The molecule has 1 atom stereocenters. The molecule has 2 aromatic rings. The van der Waals surface area contributed by atoms with Gasteiger partial charge < -0.3 is 14.9 Å². The van der Waals surface area contributed by atoms with Crippen molar-refractivity contribution in [1.82, 2.24) is 0 Å². The molecule has 88 valence electrons. The van der Waals surface area contributed by atoms with Crippen LogP contribution in [0.3, 0.4) is 0 Å². The normalized spacial score (nSPS) is 15.4. The quantitative estimate of drug-likeness (QED) is 0.926. The second kappa shape index (κ2) is 4.20. The Bertz CT molecular complexity index is 550. The highest BCUT2D eigenvalue weighted by Crippen LogP contribution is 2.37. The summed E-state index contributed by atoms with van der Waals surface area (Å²) in [5, 5.41) is 0. The number of halogens is 1. The molecular weight excluding hydrogens is 282 g/mol. The summed E-state index contributed by atoms with van der Waals surface area (Å²) in [7, 11) is 0. The van der Waals surface area contributed by atoms with Gasteiger partial charge in [0.25, 0.3) is 0 Å². The van der Waals surface area contributed by atoms with Crippen molar-refractivity contribution in [3.63, 3.8) is 0 Å². The fraction of sp³-hybridized carbons (Fsp3) is 0.231. The molecule has 0 saturated carbocycles. The maximum absolute atomic E-state index is 6.26. The molecule has 0 bridgehead atoms. The minimum atomic E-state index is -0.226. The van der Waals surface area contributed by atoms with Gasteiger partial charge in [-0.2, -0.15) is 0 Å². The van der Waals surface area contributed by atoms with E-state index in [0.717, 1.165) is 29.9 Å². The first-order valence-electron chi connectivity index (χ1n) is 5.50. The number of hydrogen-bond donors (Lipinski definition) is 1. The summed E-state index contributed by atoms with van der Waals surface area (Å²) in [4.78, 5) is 0. The van der Waals surface area contributed by atoms with Crippen molar-refractivity contribution >= 4 is 15.9 Å². The Kier molecular flexibility index (Phi) is 2.68. The number of ether oxygens (including phenoxy) is 1. The Hall–Kier alpha value is -1.26. The molecule has 0 saturated heterocycles. The maximum atomic E-state index is 6.26. The van der Waals surface area contributed by atoms with E-state index in [1.54, 1.807) is 6.26 Å². The molecule has 1 aliphatic heterocycles. The van der Waals surface area contributed by atoms with E-state index in [2.05, 4.69) is 22.0 Å². The molecule has 0 aliphatic carbocycles. The average molecular weight is 294 g/mol. The topological polar surface area (TPSA) is 48.4 Å². The van der Waals surface area contributed by atoms with Crippen LogP contribution in [0.4, 0.5) is 0 Å². The molecule has 1 unspecified atom stereocenters. The molecular formula is C13H12BrNO2. The molecule has 2 heterocycles. The van der Waals surface area contributed by atoms with Gasteiger partial charge in [-0.15, -0.1) is 0 Å². The molecule has 0 radical (unpaired) electrons. The third kappa shape index (κ3) is 1.77. The van der Waals surface area contributed by atoms with Crippen molar-refractivity contribution in [3.05, 3.63) is 51.9 Å². The first kappa shape index (κ1) is 10.9. The van der Waals surface area contributed by atoms with E-state index in [1.165, 1.54) is 5.56 Å². The molecule has 2 N–H and O–H groups in total. The van der Waals surface area contributed by atoms with Crippen LogP contribution in [0.15, 0.2) is 39.6 Å². The van der Waals surface area contributed by atoms with Crippen LogP contribution in [0.5, 0.6) is 5.75 Å². The monoisotopic (exact) mass is 293 g/mol. The predicted octanol–water partition coefficient (Wildman–Crippen LogP) is 3.03.